The van der Waals surface area contributed by atoms with E-state index in [1.54, 1.807) is 18.1 Å². The molecular formula is C14H26N4O2. The Hall–Kier alpha value is -1.56. The lowest BCUT2D eigenvalue weighted by Gasteiger charge is -2.24. The molecule has 0 saturated carbocycles. The molecule has 0 aliphatic heterocycles. The second kappa shape index (κ2) is 7.28. The van der Waals surface area contributed by atoms with Gasteiger partial charge in [0, 0.05) is 33.4 Å². The van der Waals surface area contributed by atoms with Gasteiger partial charge in [-0.25, -0.2) is 4.79 Å². The van der Waals surface area contributed by atoms with Crippen LogP contribution in [-0.2, 0) is 18.3 Å². The van der Waals surface area contributed by atoms with Crippen molar-refractivity contribution in [2.45, 2.75) is 39.3 Å². The Morgan fingerprint density at radius 3 is 2.75 bits per heavy atom. The quantitative estimate of drug-likeness (QED) is 0.808. The second-order valence-corrected chi connectivity index (χ2v) is 5.88. The van der Waals surface area contributed by atoms with Crippen LogP contribution in [0.15, 0.2) is 12.3 Å². The van der Waals surface area contributed by atoms with Gasteiger partial charge in [-0.2, -0.15) is 5.10 Å². The van der Waals surface area contributed by atoms with Crippen molar-refractivity contribution in [2.24, 2.45) is 7.05 Å². The first-order valence-corrected chi connectivity index (χ1v) is 6.91. The SMILES string of the molecule is CN(CCCNCc1ccnn1C)C(=O)OC(C)(C)C. The molecule has 1 aromatic heterocycles. The van der Waals surface area contributed by atoms with Gasteiger partial charge in [0.05, 0.1) is 5.69 Å². The average Bonchev–Trinajstić information content (AvgIpc) is 2.72. The Balaban J connectivity index is 2.14. The van der Waals surface area contributed by atoms with Gasteiger partial charge < -0.3 is 15.0 Å². The van der Waals surface area contributed by atoms with Crippen molar-refractivity contribution in [1.82, 2.24) is 20.0 Å². The summed E-state index contributed by atoms with van der Waals surface area (Å²) >= 11 is 0. The predicted octanol–water partition coefficient (Wildman–Crippen LogP) is 1.77. The minimum atomic E-state index is -0.441. The molecule has 0 fully saturated rings. The number of hydrogen-bond acceptors (Lipinski definition) is 4. The van der Waals surface area contributed by atoms with Gasteiger partial charge in [-0.15, -0.1) is 0 Å². The van der Waals surface area contributed by atoms with Crippen LogP contribution in [0, 0.1) is 0 Å². The summed E-state index contributed by atoms with van der Waals surface area (Å²) in [6.07, 6.45) is 2.39. The van der Waals surface area contributed by atoms with E-state index in [1.165, 1.54) is 0 Å². The van der Waals surface area contributed by atoms with Gasteiger partial charge in [0.25, 0.3) is 0 Å². The molecule has 0 atom stereocenters. The Kier molecular flexibility index (Phi) is 6.01. The maximum Gasteiger partial charge on any atom is 0.410 e. The van der Waals surface area contributed by atoms with Crippen molar-refractivity contribution < 1.29 is 9.53 Å². The standard InChI is InChI=1S/C14H26N4O2/c1-14(2,3)20-13(19)17(4)10-6-8-15-11-12-7-9-16-18(12)5/h7,9,15H,6,8,10-11H2,1-5H3. The van der Waals surface area contributed by atoms with Crippen molar-refractivity contribution >= 4 is 6.09 Å². The van der Waals surface area contributed by atoms with Gasteiger partial charge in [-0.05, 0) is 39.8 Å². The lowest BCUT2D eigenvalue weighted by atomic mass is 10.2. The summed E-state index contributed by atoms with van der Waals surface area (Å²) in [6, 6.07) is 1.99. The van der Waals surface area contributed by atoms with Crippen LogP contribution in [0.5, 0.6) is 0 Å². The van der Waals surface area contributed by atoms with E-state index in [4.69, 9.17) is 4.74 Å². The van der Waals surface area contributed by atoms with Gasteiger partial charge in [0.1, 0.15) is 5.60 Å². The molecular weight excluding hydrogens is 256 g/mol. The van der Waals surface area contributed by atoms with Gasteiger partial charge in [-0.3, -0.25) is 4.68 Å². The van der Waals surface area contributed by atoms with Crippen molar-refractivity contribution in [3.8, 4) is 0 Å². The summed E-state index contributed by atoms with van der Waals surface area (Å²) in [7, 11) is 3.68. The fourth-order valence-electron chi connectivity index (χ4n) is 1.66. The zero-order valence-electron chi connectivity index (χ0n) is 13.1. The van der Waals surface area contributed by atoms with E-state index in [9.17, 15) is 4.79 Å². The number of nitrogens with zero attached hydrogens (tertiary/aromatic N) is 3. The van der Waals surface area contributed by atoms with Gasteiger partial charge in [0.15, 0.2) is 0 Å². The molecule has 20 heavy (non-hydrogen) atoms. The highest BCUT2D eigenvalue weighted by Crippen LogP contribution is 2.09. The van der Waals surface area contributed by atoms with E-state index in [1.807, 2.05) is 38.6 Å². The third-order valence-corrected chi connectivity index (χ3v) is 2.78. The van der Waals surface area contributed by atoms with Crippen molar-refractivity contribution in [1.29, 1.82) is 0 Å². The molecule has 114 valence electrons. The number of carbonyl (C=O) groups excluding carboxylic acids is 1. The normalized spacial score (nSPS) is 11.4. The van der Waals surface area contributed by atoms with Crippen LogP contribution >= 0.6 is 0 Å². The molecule has 1 rings (SSSR count). The Morgan fingerprint density at radius 2 is 2.20 bits per heavy atom. The van der Waals surface area contributed by atoms with E-state index >= 15 is 0 Å². The zero-order chi connectivity index (χ0) is 15.2. The van der Waals surface area contributed by atoms with Crippen molar-refractivity contribution in [3.05, 3.63) is 18.0 Å². The molecule has 0 bridgehead atoms. The molecule has 1 heterocycles. The number of rotatable bonds is 6. The van der Waals surface area contributed by atoms with E-state index in [0.717, 1.165) is 25.2 Å². The molecule has 1 N–H and O–H groups in total. The minimum Gasteiger partial charge on any atom is -0.444 e. The maximum absolute atomic E-state index is 11.7. The lowest BCUT2D eigenvalue weighted by molar-refractivity contribution is 0.0297. The first-order valence-electron chi connectivity index (χ1n) is 6.91. The first kappa shape index (κ1) is 16.5. The molecule has 0 saturated heterocycles. The summed E-state index contributed by atoms with van der Waals surface area (Å²) in [5.74, 6) is 0. The topological polar surface area (TPSA) is 59.4 Å². The number of nitrogens with one attached hydrogen (secondary N) is 1. The highest BCUT2D eigenvalue weighted by molar-refractivity contribution is 5.67. The number of amides is 1. The molecule has 0 aliphatic rings. The number of carbonyl (C=O) groups is 1. The van der Waals surface area contributed by atoms with Crippen molar-refractivity contribution in [3.63, 3.8) is 0 Å². The molecule has 1 aromatic rings. The fourth-order valence-corrected chi connectivity index (χ4v) is 1.66. The predicted molar refractivity (Wildman–Crippen MR) is 78.4 cm³/mol. The summed E-state index contributed by atoms with van der Waals surface area (Å²) in [4.78, 5) is 13.3. The average molecular weight is 282 g/mol. The number of ether oxygens (including phenoxy) is 1. The Bertz CT molecular complexity index is 423. The molecule has 0 unspecified atom stereocenters. The molecule has 0 spiro atoms. The third-order valence-electron chi connectivity index (χ3n) is 2.78. The number of aryl methyl sites for hydroxylation is 1. The van der Waals surface area contributed by atoms with Crippen LogP contribution < -0.4 is 5.32 Å². The van der Waals surface area contributed by atoms with Crippen LogP contribution in [0.4, 0.5) is 4.79 Å². The number of hydrogen-bond donors (Lipinski definition) is 1. The molecule has 6 heteroatoms. The van der Waals surface area contributed by atoms with Crippen LogP contribution in [0.2, 0.25) is 0 Å². The number of aromatic nitrogens is 2. The highest BCUT2D eigenvalue weighted by Gasteiger charge is 2.18. The smallest absolute Gasteiger partial charge is 0.410 e. The third kappa shape index (κ3) is 6.06. The lowest BCUT2D eigenvalue weighted by Crippen LogP contribution is -2.35. The van der Waals surface area contributed by atoms with Crippen LogP contribution in [-0.4, -0.2) is 46.5 Å². The molecule has 0 aromatic carbocycles. The summed E-state index contributed by atoms with van der Waals surface area (Å²) in [5.41, 5.74) is 0.703. The van der Waals surface area contributed by atoms with E-state index in [0.29, 0.717) is 6.54 Å². The first-order chi connectivity index (χ1) is 9.29. The van der Waals surface area contributed by atoms with E-state index in [2.05, 4.69) is 10.4 Å². The van der Waals surface area contributed by atoms with E-state index < -0.39 is 5.60 Å². The second-order valence-electron chi connectivity index (χ2n) is 5.88. The summed E-state index contributed by atoms with van der Waals surface area (Å²) in [6.45, 7) is 7.91. The Labute approximate surface area is 121 Å². The van der Waals surface area contributed by atoms with E-state index in [-0.39, 0.29) is 6.09 Å². The van der Waals surface area contributed by atoms with Gasteiger partial charge in [-0.1, -0.05) is 0 Å². The maximum atomic E-state index is 11.7. The van der Waals surface area contributed by atoms with Gasteiger partial charge >= 0.3 is 6.09 Å². The molecule has 0 radical (unpaired) electrons. The van der Waals surface area contributed by atoms with Crippen LogP contribution in [0.3, 0.4) is 0 Å². The molecule has 1 amide bonds. The van der Waals surface area contributed by atoms with Crippen molar-refractivity contribution in [2.75, 3.05) is 20.1 Å². The monoisotopic (exact) mass is 282 g/mol. The molecule has 0 aliphatic carbocycles. The summed E-state index contributed by atoms with van der Waals surface area (Å²) < 4.78 is 7.13. The van der Waals surface area contributed by atoms with Crippen LogP contribution in [0.1, 0.15) is 32.9 Å². The fraction of sp³-hybridized carbons (Fsp3) is 0.714. The minimum absolute atomic E-state index is 0.274. The molecule has 6 nitrogen and oxygen atoms in total. The largest absolute Gasteiger partial charge is 0.444 e. The summed E-state index contributed by atoms with van der Waals surface area (Å²) in [5, 5.41) is 7.44. The van der Waals surface area contributed by atoms with Gasteiger partial charge in [0.2, 0.25) is 0 Å². The zero-order valence-corrected chi connectivity index (χ0v) is 13.1. The van der Waals surface area contributed by atoms with Crippen LogP contribution in [0.25, 0.3) is 0 Å². The highest BCUT2D eigenvalue weighted by atomic mass is 16.6. The Morgan fingerprint density at radius 1 is 1.50 bits per heavy atom.